The van der Waals surface area contributed by atoms with Crippen molar-refractivity contribution in [2.45, 2.75) is 25.7 Å². The molecular weight excluding hydrogens is 249 g/mol. The van der Waals surface area contributed by atoms with Gasteiger partial charge in [-0.15, -0.1) is 0 Å². The highest BCUT2D eigenvalue weighted by Crippen LogP contribution is 2.48. The van der Waals surface area contributed by atoms with Gasteiger partial charge in [0.15, 0.2) is 0 Å². The Morgan fingerprint density at radius 2 is 2.00 bits per heavy atom. The first-order valence-electron chi connectivity index (χ1n) is 6.27. The van der Waals surface area contributed by atoms with Crippen molar-refractivity contribution in [3.8, 4) is 0 Å². The summed E-state index contributed by atoms with van der Waals surface area (Å²) in [4.78, 5) is 22.4. The molecule has 1 amide bonds. The third kappa shape index (κ3) is 3.30. The first-order chi connectivity index (χ1) is 9.03. The maximum atomic E-state index is 13.6. The summed E-state index contributed by atoms with van der Waals surface area (Å²) in [6.45, 7) is 0.118. The lowest BCUT2D eigenvalue weighted by Crippen LogP contribution is -2.34. The Balaban J connectivity index is 1.94. The second-order valence-electron chi connectivity index (χ2n) is 4.95. The number of carboxylic acid groups (broad SMARTS) is 1. The minimum atomic E-state index is -0.945. The van der Waals surface area contributed by atoms with Crippen LogP contribution in [0.1, 0.15) is 24.8 Å². The molecule has 4 nitrogen and oxygen atoms in total. The molecular formula is C14H16FNO3. The maximum absolute atomic E-state index is 13.6. The van der Waals surface area contributed by atoms with Crippen molar-refractivity contribution in [1.82, 2.24) is 5.32 Å². The van der Waals surface area contributed by atoms with Gasteiger partial charge in [-0.3, -0.25) is 9.59 Å². The van der Waals surface area contributed by atoms with Crippen molar-refractivity contribution in [3.05, 3.63) is 35.6 Å². The van der Waals surface area contributed by atoms with Gasteiger partial charge in [-0.25, -0.2) is 4.39 Å². The maximum Gasteiger partial charge on any atom is 0.305 e. The van der Waals surface area contributed by atoms with Crippen molar-refractivity contribution in [2.75, 3.05) is 6.54 Å². The van der Waals surface area contributed by atoms with Gasteiger partial charge in [0.1, 0.15) is 5.82 Å². The van der Waals surface area contributed by atoms with E-state index in [9.17, 15) is 14.0 Å². The summed E-state index contributed by atoms with van der Waals surface area (Å²) < 4.78 is 13.6. The molecule has 0 aliphatic heterocycles. The molecule has 1 aliphatic rings. The molecule has 1 aliphatic carbocycles. The highest BCUT2D eigenvalue weighted by molar-refractivity contribution is 5.85. The highest BCUT2D eigenvalue weighted by atomic mass is 19.1. The van der Waals surface area contributed by atoms with Gasteiger partial charge in [-0.2, -0.15) is 0 Å². The molecule has 0 heterocycles. The van der Waals surface area contributed by atoms with Gasteiger partial charge in [0, 0.05) is 6.54 Å². The van der Waals surface area contributed by atoms with Gasteiger partial charge < -0.3 is 10.4 Å². The second kappa shape index (κ2) is 5.38. The van der Waals surface area contributed by atoms with E-state index in [0.29, 0.717) is 12.0 Å². The van der Waals surface area contributed by atoms with Crippen molar-refractivity contribution in [1.29, 1.82) is 0 Å². The molecule has 1 saturated carbocycles. The first kappa shape index (κ1) is 13.5. The van der Waals surface area contributed by atoms with Gasteiger partial charge in [0.05, 0.1) is 11.8 Å². The number of aliphatic carboxylic acids is 1. The highest BCUT2D eigenvalue weighted by Gasteiger charge is 2.49. The molecule has 1 aromatic rings. The summed E-state index contributed by atoms with van der Waals surface area (Å²) in [5, 5.41) is 11.1. The largest absolute Gasteiger partial charge is 0.481 e. The summed E-state index contributed by atoms with van der Waals surface area (Å²) in [7, 11) is 0. The van der Waals surface area contributed by atoms with Crippen molar-refractivity contribution < 1.29 is 19.1 Å². The molecule has 1 aromatic carbocycles. The van der Waals surface area contributed by atoms with E-state index in [1.807, 2.05) is 0 Å². The lowest BCUT2D eigenvalue weighted by molar-refractivity contribution is -0.137. The van der Waals surface area contributed by atoms with E-state index in [2.05, 4.69) is 5.32 Å². The third-order valence-corrected chi connectivity index (χ3v) is 3.45. The number of halogens is 1. The summed E-state index contributed by atoms with van der Waals surface area (Å²) in [5.41, 5.74) is -0.00543. The summed E-state index contributed by atoms with van der Waals surface area (Å²) in [6.07, 6.45) is 1.72. The normalized spacial score (nSPS) is 15.8. The topological polar surface area (TPSA) is 66.4 Å². The van der Waals surface area contributed by atoms with E-state index in [1.54, 1.807) is 18.2 Å². The molecule has 0 saturated heterocycles. The van der Waals surface area contributed by atoms with Gasteiger partial charge in [0.25, 0.3) is 0 Å². The molecule has 0 radical (unpaired) electrons. The number of rotatable bonds is 6. The van der Waals surface area contributed by atoms with Crippen molar-refractivity contribution >= 4 is 11.9 Å². The fourth-order valence-electron chi connectivity index (χ4n) is 2.11. The summed E-state index contributed by atoms with van der Waals surface area (Å²) in [5.74, 6) is -1.41. The van der Waals surface area contributed by atoms with Crippen LogP contribution in [0.4, 0.5) is 4.39 Å². The number of carbonyl (C=O) groups is 2. The Morgan fingerprint density at radius 3 is 2.58 bits per heavy atom. The lowest BCUT2D eigenvalue weighted by atomic mass is 9.95. The molecule has 2 N–H and O–H groups in total. The second-order valence-corrected chi connectivity index (χ2v) is 4.95. The molecule has 0 unspecified atom stereocenters. The van der Waals surface area contributed by atoms with Gasteiger partial charge >= 0.3 is 5.97 Å². The molecule has 0 spiro atoms. The Kier molecular flexibility index (Phi) is 3.83. The Bertz CT molecular complexity index is 497. The van der Waals surface area contributed by atoms with Crippen molar-refractivity contribution in [2.24, 2.45) is 5.41 Å². The van der Waals surface area contributed by atoms with Crippen LogP contribution >= 0.6 is 0 Å². The zero-order valence-electron chi connectivity index (χ0n) is 10.5. The minimum Gasteiger partial charge on any atom is -0.481 e. The number of amides is 1. The monoisotopic (exact) mass is 265 g/mol. The number of nitrogens with one attached hydrogen (secondary N) is 1. The average Bonchev–Trinajstić information content (AvgIpc) is 3.13. The fraction of sp³-hybridized carbons (Fsp3) is 0.429. The zero-order valence-corrected chi connectivity index (χ0v) is 10.5. The number of hydrogen-bond acceptors (Lipinski definition) is 2. The van der Waals surface area contributed by atoms with Crippen LogP contribution in [-0.2, 0) is 16.0 Å². The van der Waals surface area contributed by atoms with E-state index in [1.165, 1.54) is 6.07 Å². The molecule has 102 valence electrons. The first-order valence-corrected chi connectivity index (χ1v) is 6.27. The predicted octanol–water partition coefficient (Wildman–Crippen LogP) is 1.74. The fourth-order valence-corrected chi connectivity index (χ4v) is 2.11. The summed E-state index contributed by atoms with van der Waals surface area (Å²) >= 11 is 0. The number of carbonyl (C=O) groups excluding carboxylic acids is 1. The predicted molar refractivity (Wildman–Crippen MR) is 67.0 cm³/mol. The smallest absolute Gasteiger partial charge is 0.305 e. The van der Waals surface area contributed by atoms with E-state index in [0.717, 1.165) is 12.8 Å². The molecule has 19 heavy (non-hydrogen) atoms. The SMILES string of the molecule is O=C(O)CCNC(=O)C1(Cc2ccccc2F)CC1. The Hall–Kier alpha value is -1.91. The molecule has 0 bridgehead atoms. The van der Waals surface area contributed by atoms with Crippen LogP contribution < -0.4 is 5.32 Å². The summed E-state index contributed by atoms with van der Waals surface area (Å²) in [6, 6.07) is 6.43. The van der Waals surface area contributed by atoms with Gasteiger partial charge in [-0.05, 0) is 30.9 Å². The zero-order chi connectivity index (χ0) is 13.9. The Labute approximate surface area is 110 Å². The number of hydrogen-bond donors (Lipinski definition) is 2. The van der Waals surface area contributed by atoms with Crippen LogP contribution in [0.5, 0.6) is 0 Å². The lowest BCUT2D eigenvalue weighted by Gasteiger charge is -2.15. The van der Waals surface area contributed by atoms with E-state index >= 15 is 0 Å². The molecule has 2 rings (SSSR count). The van der Waals surface area contributed by atoms with Crippen LogP contribution in [0.15, 0.2) is 24.3 Å². The van der Waals surface area contributed by atoms with Crippen LogP contribution in [0.3, 0.4) is 0 Å². The average molecular weight is 265 g/mol. The van der Waals surface area contributed by atoms with E-state index in [4.69, 9.17) is 5.11 Å². The third-order valence-electron chi connectivity index (χ3n) is 3.45. The van der Waals surface area contributed by atoms with Gasteiger partial charge in [0.2, 0.25) is 5.91 Å². The van der Waals surface area contributed by atoms with Crippen molar-refractivity contribution in [3.63, 3.8) is 0 Å². The molecule has 0 aromatic heterocycles. The molecule has 0 atom stereocenters. The Morgan fingerprint density at radius 1 is 1.32 bits per heavy atom. The molecule has 1 fully saturated rings. The van der Waals surface area contributed by atoms with E-state index in [-0.39, 0.29) is 24.7 Å². The number of benzene rings is 1. The molecule has 5 heteroatoms. The number of carboxylic acids is 1. The van der Waals surface area contributed by atoms with Crippen LogP contribution in [0.2, 0.25) is 0 Å². The minimum absolute atomic E-state index is 0.0957. The standard InChI is InChI=1S/C14H16FNO3/c15-11-4-2-1-3-10(11)9-14(6-7-14)13(19)16-8-5-12(17)18/h1-4H,5-9H2,(H,16,19)(H,17,18). The van der Waals surface area contributed by atoms with E-state index < -0.39 is 11.4 Å². The van der Waals surface area contributed by atoms with Gasteiger partial charge in [-0.1, -0.05) is 18.2 Å². The van der Waals surface area contributed by atoms with Crippen LogP contribution in [-0.4, -0.2) is 23.5 Å². The van der Waals surface area contributed by atoms with Crippen LogP contribution in [0, 0.1) is 11.2 Å². The quantitative estimate of drug-likeness (QED) is 0.823. The van der Waals surface area contributed by atoms with Crippen LogP contribution in [0.25, 0.3) is 0 Å².